The number of ether oxygens (including phenoxy) is 1. The van der Waals surface area contributed by atoms with Gasteiger partial charge in [-0.1, -0.05) is 20.3 Å². The molecule has 3 unspecified atom stereocenters. The van der Waals surface area contributed by atoms with Crippen LogP contribution in [0.4, 0.5) is 0 Å². The molecule has 0 aromatic carbocycles. The fourth-order valence-corrected chi connectivity index (χ4v) is 2.22. The van der Waals surface area contributed by atoms with Crippen LogP contribution in [0.1, 0.15) is 33.6 Å². The molecule has 4 nitrogen and oxygen atoms in total. The number of rotatable bonds is 4. The Hall–Kier alpha value is -0.610. The van der Waals surface area contributed by atoms with E-state index >= 15 is 0 Å². The van der Waals surface area contributed by atoms with Crippen LogP contribution in [0.25, 0.3) is 0 Å². The van der Waals surface area contributed by atoms with E-state index in [2.05, 4.69) is 6.92 Å². The van der Waals surface area contributed by atoms with Crippen molar-refractivity contribution in [2.75, 3.05) is 19.6 Å². The van der Waals surface area contributed by atoms with Crippen LogP contribution in [-0.4, -0.2) is 42.6 Å². The minimum atomic E-state index is 0.00141. The predicted octanol–water partition coefficient (Wildman–Crippen LogP) is 0.997. The van der Waals surface area contributed by atoms with Gasteiger partial charge in [0.1, 0.15) is 0 Å². The number of carbonyl (C=O) groups excluding carboxylic acids is 1. The summed E-state index contributed by atoms with van der Waals surface area (Å²) < 4.78 is 5.64. The van der Waals surface area contributed by atoms with E-state index in [-0.39, 0.29) is 24.0 Å². The van der Waals surface area contributed by atoms with Crippen molar-refractivity contribution < 1.29 is 9.53 Å². The highest BCUT2D eigenvalue weighted by atomic mass is 16.5. The van der Waals surface area contributed by atoms with Crippen LogP contribution in [0.5, 0.6) is 0 Å². The van der Waals surface area contributed by atoms with Crippen LogP contribution < -0.4 is 5.73 Å². The average molecular weight is 228 g/mol. The van der Waals surface area contributed by atoms with Gasteiger partial charge in [0.05, 0.1) is 12.2 Å². The molecule has 1 aliphatic rings. The normalized spacial score (nSPS) is 27.9. The summed E-state index contributed by atoms with van der Waals surface area (Å²) in [4.78, 5) is 14.0. The number of nitrogens with zero attached hydrogens (tertiary/aromatic N) is 1. The highest BCUT2D eigenvalue weighted by molar-refractivity contribution is 5.78. The molecule has 0 saturated carbocycles. The van der Waals surface area contributed by atoms with E-state index in [0.29, 0.717) is 19.6 Å². The van der Waals surface area contributed by atoms with Gasteiger partial charge in [0, 0.05) is 25.6 Å². The summed E-state index contributed by atoms with van der Waals surface area (Å²) in [6.07, 6.45) is 2.10. The molecule has 1 amide bonds. The highest BCUT2D eigenvalue weighted by Crippen LogP contribution is 2.15. The maximum atomic E-state index is 12.1. The lowest BCUT2D eigenvalue weighted by molar-refractivity contribution is -0.147. The molecule has 1 fully saturated rings. The molecule has 1 heterocycles. The molecule has 16 heavy (non-hydrogen) atoms. The van der Waals surface area contributed by atoms with E-state index in [0.717, 1.165) is 12.8 Å². The SMILES string of the molecule is CCCC(C)C(=O)N1CC(C)OC(CN)C1. The molecule has 1 rings (SSSR count). The van der Waals surface area contributed by atoms with Crippen LogP contribution >= 0.6 is 0 Å². The Morgan fingerprint density at radius 3 is 2.81 bits per heavy atom. The van der Waals surface area contributed by atoms with Crippen molar-refractivity contribution in [2.45, 2.75) is 45.8 Å². The van der Waals surface area contributed by atoms with Crippen molar-refractivity contribution in [3.8, 4) is 0 Å². The lowest BCUT2D eigenvalue weighted by Gasteiger charge is -2.37. The number of morpholine rings is 1. The molecule has 0 aromatic heterocycles. The topological polar surface area (TPSA) is 55.6 Å². The summed E-state index contributed by atoms with van der Waals surface area (Å²) >= 11 is 0. The van der Waals surface area contributed by atoms with Crippen molar-refractivity contribution in [1.82, 2.24) is 4.90 Å². The molecule has 0 spiro atoms. The zero-order valence-electron chi connectivity index (χ0n) is 10.6. The van der Waals surface area contributed by atoms with Crippen LogP contribution in [0.2, 0.25) is 0 Å². The van der Waals surface area contributed by atoms with E-state index in [4.69, 9.17) is 10.5 Å². The lowest BCUT2D eigenvalue weighted by atomic mass is 10.0. The second-order valence-electron chi connectivity index (χ2n) is 4.74. The second-order valence-corrected chi connectivity index (χ2v) is 4.74. The van der Waals surface area contributed by atoms with Gasteiger partial charge in [-0.2, -0.15) is 0 Å². The molecule has 1 saturated heterocycles. The third kappa shape index (κ3) is 3.46. The molecule has 0 bridgehead atoms. The summed E-state index contributed by atoms with van der Waals surface area (Å²) in [5.41, 5.74) is 5.60. The zero-order valence-corrected chi connectivity index (χ0v) is 10.6. The fourth-order valence-electron chi connectivity index (χ4n) is 2.22. The first-order valence-corrected chi connectivity index (χ1v) is 6.22. The van der Waals surface area contributed by atoms with Gasteiger partial charge in [0.15, 0.2) is 0 Å². The lowest BCUT2D eigenvalue weighted by Crippen LogP contribution is -2.52. The Morgan fingerprint density at radius 1 is 1.56 bits per heavy atom. The second kappa shape index (κ2) is 6.21. The van der Waals surface area contributed by atoms with Crippen LogP contribution in [-0.2, 0) is 9.53 Å². The maximum Gasteiger partial charge on any atom is 0.225 e. The Kier molecular flexibility index (Phi) is 5.22. The van der Waals surface area contributed by atoms with E-state index in [1.54, 1.807) is 0 Å². The first-order valence-electron chi connectivity index (χ1n) is 6.22. The number of hydrogen-bond donors (Lipinski definition) is 1. The first-order chi connectivity index (χ1) is 7.58. The maximum absolute atomic E-state index is 12.1. The molecule has 4 heteroatoms. The molecular formula is C12H24N2O2. The molecule has 3 atom stereocenters. The van der Waals surface area contributed by atoms with Gasteiger partial charge in [-0.25, -0.2) is 0 Å². The third-order valence-electron chi connectivity index (χ3n) is 3.04. The van der Waals surface area contributed by atoms with Gasteiger partial charge < -0.3 is 15.4 Å². The number of hydrogen-bond acceptors (Lipinski definition) is 3. The fraction of sp³-hybridized carbons (Fsp3) is 0.917. The van der Waals surface area contributed by atoms with E-state index in [1.165, 1.54) is 0 Å². The largest absolute Gasteiger partial charge is 0.370 e. The molecule has 0 aromatic rings. The molecule has 2 N–H and O–H groups in total. The number of carbonyl (C=O) groups is 1. The smallest absolute Gasteiger partial charge is 0.225 e. The Morgan fingerprint density at radius 2 is 2.25 bits per heavy atom. The summed E-state index contributed by atoms with van der Waals surface area (Å²) in [6, 6.07) is 0. The monoisotopic (exact) mass is 228 g/mol. The Bertz CT molecular complexity index is 233. The highest BCUT2D eigenvalue weighted by Gasteiger charge is 2.29. The van der Waals surface area contributed by atoms with Crippen LogP contribution in [0, 0.1) is 5.92 Å². The summed E-state index contributed by atoms with van der Waals surface area (Å²) in [7, 11) is 0. The van der Waals surface area contributed by atoms with Crippen LogP contribution in [0.3, 0.4) is 0 Å². The molecular weight excluding hydrogens is 204 g/mol. The molecule has 1 aliphatic heterocycles. The van der Waals surface area contributed by atoms with Crippen molar-refractivity contribution >= 4 is 5.91 Å². The quantitative estimate of drug-likeness (QED) is 0.781. The van der Waals surface area contributed by atoms with Crippen molar-refractivity contribution in [3.63, 3.8) is 0 Å². The molecule has 0 radical (unpaired) electrons. The summed E-state index contributed by atoms with van der Waals surface area (Å²) in [5.74, 6) is 0.365. The Labute approximate surface area is 98.1 Å². The van der Waals surface area contributed by atoms with Gasteiger partial charge >= 0.3 is 0 Å². The van der Waals surface area contributed by atoms with Crippen molar-refractivity contribution in [2.24, 2.45) is 11.7 Å². The summed E-state index contributed by atoms with van der Waals surface area (Å²) in [6.45, 7) is 7.93. The summed E-state index contributed by atoms with van der Waals surface area (Å²) in [5, 5.41) is 0. The van der Waals surface area contributed by atoms with E-state index in [1.807, 2.05) is 18.7 Å². The zero-order chi connectivity index (χ0) is 12.1. The van der Waals surface area contributed by atoms with Gasteiger partial charge in [-0.3, -0.25) is 4.79 Å². The predicted molar refractivity (Wildman–Crippen MR) is 64.0 cm³/mol. The molecule has 94 valence electrons. The average Bonchev–Trinajstić information content (AvgIpc) is 2.27. The van der Waals surface area contributed by atoms with E-state index < -0.39 is 0 Å². The van der Waals surface area contributed by atoms with Crippen molar-refractivity contribution in [1.29, 1.82) is 0 Å². The van der Waals surface area contributed by atoms with Gasteiger partial charge in [-0.15, -0.1) is 0 Å². The van der Waals surface area contributed by atoms with Gasteiger partial charge in [0.2, 0.25) is 5.91 Å². The number of nitrogens with two attached hydrogens (primary N) is 1. The number of amides is 1. The minimum Gasteiger partial charge on any atom is -0.370 e. The van der Waals surface area contributed by atoms with Gasteiger partial charge in [0.25, 0.3) is 0 Å². The van der Waals surface area contributed by atoms with Crippen molar-refractivity contribution in [3.05, 3.63) is 0 Å². The van der Waals surface area contributed by atoms with Gasteiger partial charge in [-0.05, 0) is 13.3 Å². The van der Waals surface area contributed by atoms with Crippen LogP contribution in [0.15, 0.2) is 0 Å². The standard InChI is InChI=1S/C12H24N2O2/c1-4-5-9(2)12(15)14-7-10(3)16-11(6-13)8-14/h9-11H,4-8,13H2,1-3H3. The minimum absolute atomic E-state index is 0.00141. The third-order valence-corrected chi connectivity index (χ3v) is 3.04. The first kappa shape index (κ1) is 13.5. The molecule has 0 aliphatic carbocycles. The van der Waals surface area contributed by atoms with E-state index in [9.17, 15) is 4.79 Å². The Balaban J connectivity index is 2.54.